The molecule has 0 bridgehead atoms. The van der Waals surface area contributed by atoms with Gasteiger partial charge in [0, 0.05) is 11.4 Å². The molecule has 0 amide bonds. The van der Waals surface area contributed by atoms with Crippen molar-refractivity contribution in [2.75, 3.05) is 13.6 Å². The van der Waals surface area contributed by atoms with Crippen molar-refractivity contribution in [3.05, 3.63) is 0 Å². The minimum Gasteiger partial charge on any atom is -0.315 e. The lowest BCUT2D eigenvalue weighted by molar-refractivity contribution is 0.941. The van der Waals surface area contributed by atoms with Crippen LogP contribution >= 0.6 is 12.2 Å². The molecule has 1 N–H and O–H groups in total. The van der Waals surface area contributed by atoms with E-state index >= 15 is 0 Å². The summed E-state index contributed by atoms with van der Waals surface area (Å²) in [6, 6.07) is 0. The fourth-order valence-corrected chi connectivity index (χ4v) is 0.467. The van der Waals surface area contributed by atoms with E-state index < -0.39 is 0 Å². The maximum Gasteiger partial charge on any atom is 0.0266 e. The fourth-order valence-electron chi connectivity index (χ4n) is 0.322. The second-order valence-corrected chi connectivity index (χ2v) is 2.00. The first kappa shape index (κ1) is 7.05. The summed E-state index contributed by atoms with van der Waals surface area (Å²) >= 11 is 4.89. The van der Waals surface area contributed by atoms with E-state index in [1.165, 1.54) is 0 Å². The third kappa shape index (κ3) is 3.89. The SMILES string of the molecule is CCC(=S)CNC. The van der Waals surface area contributed by atoms with Crippen LogP contribution in [0.2, 0.25) is 0 Å². The van der Waals surface area contributed by atoms with Crippen molar-refractivity contribution in [1.82, 2.24) is 5.32 Å². The highest BCUT2D eigenvalue weighted by Crippen LogP contribution is 1.79. The molecular weight excluding hydrogens is 106 g/mol. The molecule has 0 spiro atoms. The summed E-state index contributed by atoms with van der Waals surface area (Å²) in [7, 11) is 1.90. The molecule has 2 heteroatoms. The van der Waals surface area contributed by atoms with Gasteiger partial charge in [-0.05, 0) is 13.5 Å². The molecule has 42 valence electrons. The maximum atomic E-state index is 4.89. The Morgan fingerprint density at radius 3 is 2.43 bits per heavy atom. The van der Waals surface area contributed by atoms with Gasteiger partial charge in [0.2, 0.25) is 0 Å². The lowest BCUT2D eigenvalue weighted by Crippen LogP contribution is -2.15. The van der Waals surface area contributed by atoms with E-state index in [1.54, 1.807) is 0 Å². The summed E-state index contributed by atoms with van der Waals surface area (Å²) in [6.07, 6.45) is 1.01. The smallest absolute Gasteiger partial charge is 0.0266 e. The first-order valence-corrected chi connectivity index (χ1v) is 2.88. The molecule has 7 heavy (non-hydrogen) atoms. The van der Waals surface area contributed by atoms with Gasteiger partial charge in [-0.2, -0.15) is 0 Å². The van der Waals surface area contributed by atoms with E-state index in [0.29, 0.717) is 0 Å². The molecule has 0 aromatic heterocycles. The van der Waals surface area contributed by atoms with Crippen LogP contribution in [0.15, 0.2) is 0 Å². The lowest BCUT2D eigenvalue weighted by atomic mass is 10.3. The normalized spacial score (nSPS) is 8.86. The Bertz CT molecular complexity index is 61.1. The van der Waals surface area contributed by atoms with Crippen molar-refractivity contribution in [2.45, 2.75) is 13.3 Å². The Morgan fingerprint density at radius 1 is 1.71 bits per heavy atom. The standard InChI is InChI=1S/C5H11NS/c1-3-5(7)4-6-2/h6H,3-4H2,1-2H3. The third-order valence-corrected chi connectivity index (χ3v) is 1.20. The average molecular weight is 117 g/mol. The number of hydrogen-bond acceptors (Lipinski definition) is 2. The Balaban J connectivity index is 3.00. The molecule has 0 fully saturated rings. The summed E-state index contributed by atoms with van der Waals surface area (Å²) in [5.41, 5.74) is 0. The second-order valence-electron chi connectivity index (χ2n) is 1.42. The minimum atomic E-state index is 0.881. The van der Waals surface area contributed by atoms with E-state index in [1.807, 2.05) is 7.05 Å². The van der Waals surface area contributed by atoms with Crippen molar-refractivity contribution >= 4 is 17.1 Å². The highest BCUT2D eigenvalue weighted by Gasteiger charge is 1.85. The molecule has 0 rings (SSSR count). The van der Waals surface area contributed by atoms with Gasteiger partial charge in [0.25, 0.3) is 0 Å². The summed E-state index contributed by atoms with van der Waals surface area (Å²) in [5.74, 6) is 0. The van der Waals surface area contributed by atoms with Crippen molar-refractivity contribution in [3.8, 4) is 0 Å². The monoisotopic (exact) mass is 117 g/mol. The highest BCUT2D eigenvalue weighted by atomic mass is 32.1. The van der Waals surface area contributed by atoms with Crippen LogP contribution in [-0.4, -0.2) is 18.5 Å². The van der Waals surface area contributed by atoms with Crippen LogP contribution in [0.1, 0.15) is 13.3 Å². The van der Waals surface area contributed by atoms with Gasteiger partial charge < -0.3 is 5.32 Å². The van der Waals surface area contributed by atoms with E-state index in [0.717, 1.165) is 17.8 Å². The molecule has 1 nitrogen and oxygen atoms in total. The summed E-state index contributed by atoms with van der Waals surface area (Å²) in [6.45, 7) is 2.95. The first-order valence-electron chi connectivity index (χ1n) is 2.47. The average Bonchev–Trinajstić information content (AvgIpc) is 1.68. The summed E-state index contributed by atoms with van der Waals surface area (Å²) < 4.78 is 0. The van der Waals surface area contributed by atoms with Crippen molar-refractivity contribution < 1.29 is 0 Å². The molecule has 0 aliphatic heterocycles. The predicted octanol–water partition coefficient (Wildman–Crippen LogP) is 0.986. The van der Waals surface area contributed by atoms with Gasteiger partial charge in [0.15, 0.2) is 0 Å². The number of nitrogens with one attached hydrogen (secondary N) is 1. The Kier molecular flexibility index (Phi) is 4.25. The molecule has 0 saturated heterocycles. The zero-order chi connectivity index (χ0) is 5.70. The van der Waals surface area contributed by atoms with Gasteiger partial charge >= 0.3 is 0 Å². The quantitative estimate of drug-likeness (QED) is 0.553. The molecule has 0 atom stereocenters. The van der Waals surface area contributed by atoms with Crippen LogP contribution in [0.25, 0.3) is 0 Å². The van der Waals surface area contributed by atoms with Crippen molar-refractivity contribution in [3.63, 3.8) is 0 Å². The largest absolute Gasteiger partial charge is 0.315 e. The third-order valence-electron chi connectivity index (χ3n) is 0.768. The molecular formula is C5H11NS. The van der Waals surface area contributed by atoms with Crippen molar-refractivity contribution in [1.29, 1.82) is 0 Å². The van der Waals surface area contributed by atoms with Crippen LogP contribution in [0.4, 0.5) is 0 Å². The summed E-state index contributed by atoms with van der Waals surface area (Å²) in [4.78, 5) is 1.10. The molecule has 0 aliphatic rings. The van der Waals surface area contributed by atoms with Crippen LogP contribution in [0.5, 0.6) is 0 Å². The zero-order valence-electron chi connectivity index (χ0n) is 4.82. The zero-order valence-corrected chi connectivity index (χ0v) is 5.64. The van der Waals surface area contributed by atoms with Crippen LogP contribution in [0, 0.1) is 0 Å². The van der Waals surface area contributed by atoms with Crippen molar-refractivity contribution in [2.24, 2.45) is 0 Å². The van der Waals surface area contributed by atoms with Gasteiger partial charge in [-0.1, -0.05) is 19.1 Å². The van der Waals surface area contributed by atoms with Gasteiger partial charge in [-0.25, -0.2) is 0 Å². The van der Waals surface area contributed by atoms with Gasteiger partial charge in [-0.15, -0.1) is 0 Å². The predicted molar refractivity (Wildman–Crippen MR) is 36.8 cm³/mol. The van der Waals surface area contributed by atoms with Gasteiger partial charge in [0.1, 0.15) is 0 Å². The summed E-state index contributed by atoms with van der Waals surface area (Å²) in [5, 5.41) is 2.98. The van der Waals surface area contributed by atoms with Crippen LogP contribution in [0.3, 0.4) is 0 Å². The highest BCUT2D eigenvalue weighted by molar-refractivity contribution is 7.80. The van der Waals surface area contributed by atoms with E-state index in [-0.39, 0.29) is 0 Å². The van der Waals surface area contributed by atoms with E-state index in [4.69, 9.17) is 12.2 Å². The van der Waals surface area contributed by atoms with Gasteiger partial charge in [0.05, 0.1) is 0 Å². The second kappa shape index (κ2) is 4.22. The molecule has 0 aromatic carbocycles. The minimum absolute atomic E-state index is 0.881. The maximum absolute atomic E-state index is 4.89. The Labute approximate surface area is 50.1 Å². The van der Waals surface area contributed by atoms with Gasteiger partial charge in [-0.3, -0.25) is 0 Å². The fraction of sp³-hybridized carbons (Fsp3) is 0.800. The molecule has 0 radical (unpaired) electrons. The van der Waals surface area contributed by atoms with E-state index in [2.05, 4.69) is 12.2 Å². The molecule has 0 saturated carbocycles. The Hall–Kier alpha value is 0.0500. The van der Waals surface area contributed by atoms with Crippen LogP contribution in [-0.2, 0) is 0 Å². The van der Waals surface area contributed by atoms with Crippen LogP contribution < -0.4 is 5.32 Å². The topological polar surface area (TPSA) is 12.0 Å². The number of hydrogen-bond donors (Lipinski definition) is 1. The Morgan fingerprint density at radius 2 is 2.29 bits per heavy atom. The number of rotatable bonds is 3. The first-order chi connectivity index (χ1) is 3.31. The molecule has 0 aliphatic carbocycles. The molecule has 0 heterocycles. The van der Waals surface area contributed by atoms with E-state index in [9.17, 15) is 0 Å². The number of thiocarbonyl (C=S) groups is 1. The molecule has 0 unspecified atom stereocenters. The lowest BCUT2D eigenvalue weighted by Gasteiger charge is -1.94. The molecule has 0 aromatic rings.